The van der Waals surface area contributed by atoms with Gasteiger partial charge >= 0.3 is 0 Å². The van der Waals surface area contributed by atoms with E-state index >= 15 is 0 Å². The molecule has 0 saturated carbocycles. The lowest BCUT2D eigenvalue weighted by molar-refractivity contribution is -0.117. The summed E-state index contributed by atoms with van der Waals surface area (Å²) in [5.41, 5.74) is 2.10. The Morgan fingerprint density at radius 2 is 2.18 bits per heavy atom. The smallest absolute Gasteiger partial charge is 0.279 e. The summed E-state index contributed by atoms with van der Waals surface area (Å²) in [6.07, 6.45) is 1.52. The Balaban J connectivity index is 1.65. The van der Waals surface area contributed by atoms with Gasteiger partial charge in [0.2, 0.25) is 5.91 Å². The number of fused-ring (bicyclic) bond motifs is 3. The highest BCUT2D eigenvalue weighted by molar-refractivity contribution is 7.18. The summed E-state index contributed by atoms with van der Waals surface area (Å²) in [6.45, 7) is 6.35. The van der Waals surface area contributed by atoms with Crippen molar-refractivity contribution in [3.63, 3.8) is 0 Å². The number of aromatic nitrogens is 3. The molecule has 3 aromatic rings. The molecule has 0 spiro atoms. The Morgan fingerprint density at radius 1 is 1.39 bits per heavy atom. The predicted molar refractivity (Wildman–Crippen MR) is 109 cm³/mol. The number of hydrogen-bond acceptors (Lipinski definition) is 6. The van der Waals surface area contributed by atoms with Gasteiger partial charge in [-0.25, -0.2) is 4.68 Å². The summed E-state index contributed by atoms with van der Waals surface area (Å²) in [5, 5.41) is 11.6. The molecule has 8 heteroatoms. The van der Waals surface area contributed by atoms with Crippen LogP contribution in [0.3, 0.4) is 0 Å². The van der Waals surface area contributed by atoms with E-state index < -0.39 is 0 Å². The number of carbonyl (C=O) groups excluding carboxylic acids is 1. The Labute approximate surface area is 166 Å². The monoisotopic (exact) mass is 398 g/mol. The minimum atomic E-state index is -0.309. The van der Waals surface area contributed by atoms with Gasteiger partial charge in [0.05, 0.1) is 17.6 Å². The van der Waals surface area contributed by atoms with Gasteiger partial charge in [-0.05, 0) is 37.5 Å². The second-order valence-corrected chi connectivity index (χ2v) is 8.45. The second-order valence-electron chi connectivity index (χ2n) is 7.37. The van der Waals surface area contributed by atoms with Crippen molar-refractivity contribution in [1.29, 1.82) is 0 Å². The van der Waals surface area contributed by atoms with E-state index in [1.54, 1.807) is 0 Å². The van der Waals surface area contributed by atoms with Crippen molar-refractivity contribution in [2.45, 2.75) is 52.4 Å². The molecule has 28 heavy (non-hydrogen) atoms. The SMILES string of the molecule is CCC1(C)Cc2c(sc3nnn(CC(=O)Nc4ccccc4C)c(=O)c23)CO1. The van der Waals surface area contributed by atoms with Gasteiger partial charge in [0.15, 0.2) is 4.83 Å². The summed E-state index contributed by atoms with van der Waals surface area (Å²) >= 11 is 1.44. The molecule has 1 amide bonds. The molecule has 1 unspecified atom stereocenters. The van der Waals surface area contributed by atoms with Crippen molar-refractivity contribution >= 4 is 33.1 Å². The van der Waals surface area contributed by atoms with E-state index in [9.17, 15) is 9.59 Å². The molecule has 1 aliphatic rings. The van der Waals surface area contributed by atoms with Crippen molar-refractivity contribution in [3.05, 3.63) is 50.6 Å². The van der Waals surface area contributed by atoms with E-state index in [0.29, 0.717) is 23.2 Å². The first-order valence-corrected chi connectivity index (χ1v) is 10.1. The number of anilines is 1. The van der Waals surface area contributed by atoms with Crippen LogP contribution < -0.4 is 10.9 Å². The third-order valence-electron chi connectivity index (χ3n) is 5.33. The summed E-state index contributed by atoms with van der Waals surface area (Å²) in [5.74, 6) is -0.309. The Bertz CT molecular complexity index is 1120. The van der Waals surface area contributed by atoms with Crippen LogP contribution in [-0.4, -0.2) is 26.5 Å². The van der Waals surface area contributed by atoms with Crippen molar-refractivity contribution in [3.8, 4) is 0 Å². The van der Waals surface area contributed by atoms with Crippen LogP contribution in [0.4, 0.5) is 5.69 Å². The molecular weight excluding hydrogens is 376 g/mol. The van der Waals surface area contributed by atoms with E-state index in [1.807, 2.05) is 31.2 Å². The van der Waals surface area contributed by atoms with E-state index in [1.165, 1.54) is 11.3 Å². The quantitative estimate of drug-likeness (QED) is 0.730. The number of para-hydroxylation sites is 1. The van der Waals surface area contributed by atoms with Crippen molar-refractivity contribution in [2.75, 3.05) is 5.32 Å². The molecule has 1 N–H and O–H groups in total. The molecule has 0 saturated heterocycles. The summed E-state index contributed by atoms with van der Waals surface area (Å²) in [6, 6.07) is 7.50. The molecule has 1 aromatic carbocycles. The molecule has 0 aliphatic carbocycles. The van der Waals surface area contributed by atoms with Crippen LogP contribution in [0.25, 0.3) is 10.2 Å². The van der Waals surface area contributed by atoms with E-state index in [0.717, 1.165) is 32.8 Å². The number of ether oxygens (including phenoxy) is 1. The molecule has 146 valence electrons. The minimum absolute atomic E-state index is 0.178. The maximum Gasteiger partial charge on any atom is 0.279 e. The van der Waals surface area contributed by atoms with E-state index in [2.05, 4.69) is 29.5 Å². The number of benzene rings is 1. The minimum Gasteiger partial charge on any atom is -0.369 e. The zero-order valence-corrected chi connectivity index (χ0v) is 16.9. The lowest BCUT2D eigenvalue weighted by Crippen LogP contribution is -2.35. The van der Waals surface area contributed by atoms with Gasteiger partial charge in [-0.1, -0.05) is 30.3 Å². The van der Waals surface area contributed by atoms with Gasteiger partial charge in [-0.2, -0.15) is 0 Å². The highest BCUT2D eigenvalue weighted by Gasteiger charge is 2.33. The number of nitrogens with one attached hydrogen (secondary N) is 1. The first-order valence-electron chi connectivity index (χ1n) is 9.27. The summed E-state index contributed by atoms with van der Waals surface area (Å²) < 4.78 is 7.11. The fourth-order valence-corrected chi connectivity index (χ4v) is 4.43. The van der Waals surface area contributed by atoms with Crippen LogP contribution in [0.1, 0.15) is 36.3 Å². The maximum absolute atomic E-state index is 13.1. The van der Waals surface area contributed by atoms with Gasteiger partial charge in [0.25, 0.3) is 5.56 Å². The van der Waals surface area contributed by atoms with Crippen LogP contribution in [0.5, 0.6) is 0 Å². The Morgan fingerprint density at radius 3 is 2.93 bits per heavy atom. The van der Waals surface area contributed by atoms with Gasteiger partial charge in [-0.15, -0.1) is 16.4 Å². The third-order valence-corrected chi connectivity index (χ3v) is 6.42. The van der Waals surface area contributed by atoms with Crippen LogP contribution >= 0.6 is 11.3 Å². The van der Waals surface area contributed by atoms with Gasteiger partial charge in [-0.3, -0.25) is 9.59 Å². The average molecular weight is 398 g/mol. The molecule has 1 aliphatic heterocycles. The maximum atomic E-state index is 13.1. The molecule has 0 radical (unpaired) electrons. The standard InChI is InChI=1S/C20H22N4O3S/c1-4-20(3)9-13-15(11-27-20)28-18-17(13)19(26)24(23-22-18)10-16(25)21-14-8-6-5-7-12(14)2/h5-8H,4,9-11H2,1-3H3,(H,21,25). The van der Waals surface area contributed by atoms with Gasteiger partial charge in [0, 0.05) is 17.0 Å². The fourth-order valence-electron chi connectivity index (χ4n) is 3.39. The van der Waals surface area contributed by atoms with Gasteiger partial charge < -0.3 is 10.1 Å². The van der Waals surface area contributed by atoms with Crippen LogP contribution in [0.15, 0.2) is 29.1 Å². The Hall–Kier alpha value is -2.58. The van der Waals surface area contributed by atoms with Crippen LogP contribution in [0, 0.1) is 6.92 Å². The number of rotatable bonds is 4. The molecule has 4 rings (SSSR count). The number of carbonyl (C=O) groups is 1. The van der Waals surface area contributed by atoms with Crippen molar-refractivity contribution in [2.24, 2.45) is 0 Å². The van der Waals surface area contributed by atoms with Crippen LogP contribution in [-0.2, 0) is 29.1 Å². The summed E-state index contributed by atoms with van der Waals surface area (Å²) in [7, 11) is 0. The molecule has 1 atom stereocenters. The Kier molecular flexibility index (Phi) is 4.76. The largest absolute Gasteiger partial charge is 0.369 e. The molecule has 2 aromatic heterocycles. The highest BCUT2D eigenvalue weighted by atomic mass is 32.1. The summed E-state index contributed by atoms with van der Waals surface area (Å²) in [4.78, 5) is 27.1. The number of thiophene rings is 1. The number of aryl methyl sites for hydroxylation is 1. The zero-order chi connectivity index (χ0) is 19.9. The predicted octanol–water partition coefficient (Wildman–Crippen LogP) is 3.04. The second kappa shape index (κ2) is 7.10. The fraction of sp³-hybridized carbons (Fsp3) is 0.400. The topological polar surface area (TPSA) is 86.1 Å². The lowest BCUT2D eigenvalue weighted by Gasteiger charge is -2.32. The van der Waals surface area contributed by atoms with Gasteiger partial charge in [0.1, 0.15) is 6.54 Å². The zero-order valence-electron chi connectivity index (χ0n) is 16.1. The average Bonchev–Trinajstić information content (AvgIpc) is 3.04. The third kappa shape index (κ3) is 3.33. The molecule has 3 heterocycles. The number of nitrogens with zero attached hydrogens (tertiary/aromatic N) is 3. The van der Waals surface area contributed by atoms with Crippen molar-refractivity contribution < 1.29 is 9.53 Å². The number of hydrogen-bond donors (Lipinski definition) is 1. The first-order chi connectivity index (χ1) is 13.4. The normalized spacial score (nSPS) is 18.8. The molecule has 0 bridgehead atoms. The molecular formula is C20H22N4O3S. The number of amides is 1. The molecule has 7 nitrogen and oxygen atoms in total. The van der Waals surface area contributed by atoms with Crippen molar-refractivity contribution in [1.82, 2.24) is 15.0 Å². The van der Waals surface area contributed by atoms with E-state index in [4.69, 9.17) is 4.74 Å². The van der Waals surface area contributed by atoms with Crippen LogP contribution in [0.2, 0.25) is 0 Å². The van der Waals surface area contributed by atoms with E-state index in [-0.39, 0.29) is 23.6 Å². The lowest BCUT2D eigenvalue weighted by atomic mass is 9.90. The molecule has 0 fully saturated rings. The highest BCUT2D eigenvalue weighted by Crippen LogP contribution is 2.37. The first kappa shape index (κ1) is 18.8.